The number of anilines is 1. The first-order valence-electron chi connectivity index (χ1n) is 7.39. The predicted octanol–water partition coefficient (Wildman–Crippen LogP) is 3.96. The standard InChI is InChI=1S/C16H19ClFNO3/c1-9(2)15(20)16(21)19-13-8-14(11(17)7-12(13)18)22-10-5-3-4-6-10/h7-10H,3-6H2,1-2H3,(H,19,21). The van der Waals surface area contributed by atoms with Gasteiger partial charge in [0.25, 0.3) is 5.91 Å². The Kier molecular flexibility index (Phi) is 5.40. The summed E-state index contributed by atoms with van der Waals surface area (Å²) >= 11 is 5.98. The molecule has 22 heavy (non-hydrogen) atoms. The summed E-state index contributed by atoms with van der Waals surface area (Å²) in [5.74, 6) is -2.28. The zero-order valence-electron chi connectivity index (χ0n) is 12.6. The van der Waals surface area contributed by atoms with Gasteiger partial charge in [-0.15, -0.1) is 0 Å². The van der Waals surface area contributed by atoms with Crippen LogP contribution in [0, 0.1) is 11.7 Å². The number of carbonyl (C=O) groups excluding carboxylic acids is 2. The molecule has 6 heteroatoms. The Morgan fingerprint density at radius 1 is 1.32 bits per heavy atom. The van der Waals surface area contributed by atoms with E-state index in [-0.39, 0.29) is 16.8 Å². The summed E-state index contributed by atoms with van der Waals surface area (Å²) in [6.45, 7) is 3.21. The molecule has 1 aliphatic carbocycles. The van der Waals surface area contributed by atoms with Crippen LogP contribution in [-0.2, 0) is 9.59 Å². The minimum Gasteiger partial charge on any atom is -0.489 e. The maximum atomic E-state index is 13.9. The van der Waals surface area contributed by atoms with Gasteiger partial charge >= 0.3 is 0 Å². The zero-order chi connectivity index (χ0) is 16.3. The molecule has 1 amide bonds. The van der Waals surface area contributed by atoms with E-state index in [1.165, 1.54) is 6.07 Å². The quantitative estimate of drug-likeness (QED) is 0.833. The summed E-state index contributed by atoms with van der Waals surface area (Å²) in [6.07, 6.45) is 4.11. The SMILES string of the molecule is CC(C)C(=O)C(=O)Nc1cc(OC2CCCC2)c(Cl)cc1F. The van der Waals surface area contributed by atoms with Gasteiger partial charge in [-0.05, 0) is 31.7 Å². The first-order chi connectivity index (χ1) is 10.4. The smallest absolute Gasteiger partial charge is 0.292 e. The van der Waals surface area contributed by atoms with Gasteiger partial charge in [-0.1, -0.05) is 25.4 Å². The van der Waals surface area contributed by atoms with Crippen molar-refractivity contribution in [1.82, 2.24) is 0 Å². The summed E-state index contributed by atoms with van der Waals surface area (Å²) < 4.78 is 19.7. The van der Waals surface area contributed by atoms with Gasteiger partial charge in [0, 0.05) is 12.0 Å². The summed E-state index contributed by atoms with van der Waals surface area (Å²) in [6, 6.07) is 2.42. The molecule has 0 aromatic heterocycles. The van der Waals surface area contributed by atoms with E-state index in [4.69, 9.17) is 16.3 Å². The molecule has 0 aliphatic heterocycles. The Bertz CT molecular complexity index is 583. The number of Topliss-reactive ketones (excluding diaryl/α,β-unsaturated/α-hetero) is 1. The fraction of sp³-hybridized carbons (Fsp3) is 0.500. The van der Waals surface area contributed by atoms with Crippen LogP contribution in [0.1, 0.15) is 39.5 Å². The highest BCUT2D eigenvalue weighted by atomic mass is 35.5. The number of carbonyl (C=O) groups is 2. The molecule has 0 saturated heterocycles. The number of benzene rings is 1. The molecule has 0 spiro atoms. The summed E-state index contributed by atoms with van der Waals surface area (Å²) in [4.78, 5) is 23.3. The van der Waals surface area contributed by atoms with Gasteiger partial charge in [-0.3, -0.25) is 9.59 Å². The van der Waals surface area contributed by atoms with E-state index in [1.807, 2.05) is 0 Å². The maximum absolute atomic E-state index is 13.9. The van der Waals surface area contributed by atoms with Gasteiger partial charge in [0.15, 0.2) is 0 Å². The third-order valence-electron chi connectivity index (χ3n) is 3.61. The van der Waals surface area contributed by atoms with Crippen molar-refractivity contribution in [3.05, 3.63) is 23.0 Å². The van der Waals surface area contributed by atoms with Crippen LogP contribution in [0.5, 0.6) is 5.75 Å². The lowest BCUT2D eigenvalue weighted by Crippen LogP contribution is -2.27. The first-order valence-corrected chi connectivity index (χ1v) is 7.77. The Morgan fingerprint density at radius 2 is 1.95 bits per heavy atom. The van der Waals surface area contributed by atoms with Crippen LogP contribution in [0.2, 0.25) is 5.02 Å². The molecule has 1 N–H and O–H groups in total. The lowest BCUT2D eigenvalue weighted by molar-refractivity contribution is -0.136. The fourth-order valence-electron chi connectivity index (χ4n) is 2.35. The Balaban J connectivity index is 2.16. The van der Waals surface area contributed by atoms with Crippen molar-refractivity contribution < 1.29 is 18.7 Å². The van der Waals surface area contributed by atoms with Crippen molar-refractivity contribution in [2.75, 3.05) is 5.32 Å². The van der Waals surface area contributed by atoms with Crippen molar-refractivity contribution in [1.29, 1.82) is 0 Å². The maximum Gasteiger partial charge on any atom is 0.292 e. The second-order valence-electron chi connectivity index (χ2n) is 5.76. The molecule has 1 aliphatic rings. The van der Waals surface area contributed by atoms with E-state index in [0.717, 1.165) is 31.7 Å². The molecular weight excluding hydrogens is 309 g/mol. The fourth-order valence-corrected chi connectivity index (χ4v) is 2.54. The molecule has 0 atom stereocenters. The van der Waals surface area contributed by atoms with Gasteiger partial charge in [-0.2, -0.15) is 0 Å². The molecule has 2 rings (SSSR count). The summed E-state index contributed by atoms with van der Waals surface area (Å²) in [7, 11) is 0. The van der Waals surface area contributed by atoms with E-state index in [0.29, 0.717) is 5.75 Å². The minimum atomic E-state index is -0.844. The highest BCUT2D eigenvalue weighted by molar-refractivity contribution is 6.41. The van der Waals surface area contributed by atoms with Crippen molar-refractivity contribution in [3.8, 4) is 5.75 Å². The predicted molar refractivity (Wildman–Crippen MR) is 82.8 cm³/mol. The van der Waals surface area contributed by atoms with Crippen LogP contribution in [0.4, 0.5) is 10.1 Å². The molecule has 0 bridgehead atoms. The van der Waals surface area contributed by atoms with Crippen molar-refractivity contribution in [2.24, 2.45) is 5.92 Å². The molecular formula is C16H19ClFNO3. The van der Waals surface area contributed by atoms with E-state index >= 15 is 0 Å². The highest BCUT2D eigenvalue weighted by Gasteiger charge is 2.22. The minimum absolute atomic E-state index is 0.0591. The van der Waals surface area contributed by atoms with Crippen LogP contribution in [0.25, 0.3) is 0 Å². The van der Waals surface area contributed by atoms with Crippen molar-refractivity contribution >= 4 is 29.0 Å². The third kappa shape index (κ3) is 3.97. The zero-order valence-corrected chi connectivity index (χ0v) is 13.4. The number of nitrogens with one attached hydrogen (secondary N) is 1. The highest BCUT2D eigenvalue weighted by Crippen LogP contribution is 2.33. The topological polar surface area (TPSA) is 55.4 Å². The lowest BCUT2D eigenvalue weighted by atomic mass is 10.1. The van der Waals surface area contributed by atoms with E-state index in [2.05, 4.69) is 5.32 Å². The molecule has 1 aromatic carbocycles. The van der Waals surface area contributed by atoms with Crippen LogP contribution in [0.15, 0.2) is 12.1 Å². The van der Waals surface area contributed by atoms with E-state index in [1.54, 1.807) is 13.8 Å². The van der Waals surface area contributed by atoms with Gasteiger partial charge in [-0.25, -0.2) is 4.39 Å². The summed E-state index contributed by atoms with van der Waals surface area (Å²) in [5, 5.41) is 2.43. The second kappa shape index (κ2) is 7.09. The van der Waals surface area contributed by atoms with Gasteiger partial charge in [0.05, 0.1) is 16.8 Å². The molecule has 0 radical (unpaired) electrons. The van der Waals surface area contributed by atoms with Gasteiger partial charge < -0.3 is 10.1 Å². The average Bonchev–Trinajstić information content (AvgIpc) is 2.95. The van der Waals surface area contributed by atoms with Crippen LogP contribution in [-0.4, -0.2) is 17.8 Å². The number of amides is 1. The van der Waals surface area contributed by atoms with E-state index in [9.17, 15) is 14.0 Å². The molecule has 1 fully saturated rings. The Hall–Kier alpha value is -1.62. The number of hydrogen-bond donors (Lipinski definition) is 1. The van der Waals surface area contributed by atoms with Gasteiger partial charge in [0.2, 0.25) is 5.78 Å². The molecule has 0 heterocycles. The molecule has 0 unspecified atom stereocenters. The Labute approximate surface area is 134 Å². The van der Waals surface area contributed by atoms with Crippen molar-refractivity contribution in [3.63, 3.8) is 0 Å². The second-order valence-corrected chi connectivity index (χ2v) is 6.17. The van der Waals surface area contributed by atoms with Crippen molar-refractivity contribution in [2.45, 2.75) is 45.6 Å². The third-order valence-corrected chi connectivity index (χ3v) is 3.91. The number of ether oxygens (including phenoxy) is 1. The molecule has 1 aromatic rings. The number of halogens is 2. The van der Waals surface area contributed by atoms with Crippen LogP contribution in [0.3, 0.4) is 0 Å². The number of ketones is 1. The van der Waals surface area contributed by atoms with Gasteiger partial charge in [0.1, 0.15) is 11.6 Å². The monoisotopic (exact) mass is 327 g/mol. The normalized spacial score (nSPS) is 15.1. The molecule has 4 nitrogen and oxygen atoms in total. The average molecular weight is 328 g/mol. The Morgan fingerprint density at radius 3 is 2.55 bits per heavy atom. The summed E-state index contributed by atoms with van der Waals surface area (Å²) in [5.41, 5.74) is -0.101. The van der Waals surface area contributed by atoms with Crippen LogP contribution < -0.4 is 10.1 Å². The van der Waals surface area contributed by atoms with Crippen LogP contribution >= 0.6 is 11.6 Å². The lowest BCUT2D eigenvalue weighted by Gasteiger charge is -2.16. The molecule has 1 saturated carbocycles. The largest absolute Gasteiger partial charge is 0.489 e. The van der Waals surface area contributed by atoms with E-state index < -0.39 is 23.4 Å². The molecule has 120 valence electrons. The first kappa shape index (κ1) is 16.7. The number of rotatable bonds is 5. The number of hydrogen-bond acceptors (Lipinski definition) is 3.